The van der Waals surface area contributed by atoms with Crippen molar-refractivity contribution in [3.63, 3.8) is 0 Å². The predicted octanol–water partition coefficient (Wildman–Crippen LogP) is 2.61. The van der Waals surface area contributed by atoms with E-state index in [1.165, 1.54) is 0 Å². The maximum absolute atomic E-state index is 12.1. The van der Waals surface area contributed by atoms with Crippen LogP contribution in [0.15, 0.2) is 12.2 Å². The molecular formula is C17H28O5. The van der Waals surface area contributed by atoms with Crippen LogP contribution in [-0.4, -0.2) is 35.9 Å². The SMILES string of the molecule is C=C(C)C(=O)OCC1CCCC(OC(=O)C(C)(C)CC)C1O. The summed E-state index contributed by atoms with van der Waals surface area (Å²) in [6, 6.07) is 0. The molecule has 5 heteroatoms. The molecular weight excluding hydrogens is 284 g/mol. The predicted molar refractivity (Wildman–Crippen MR) is 83.1 cm³/mol. The molecule has 1 rings (SSSR count). The number of rotatable bonds is 6. The van der Waals surface area contributed by atoms with E-state index in [2.05, 4.69) is 6.58 Å². The molecule has 0 aromatic heterocycles. The molecule has 3 unspecified atom stereocenters. The van der Waals surface area contributed by atoms with Gasteiger partial charge in [0.1, 0.15) is 6.10 Å². The number of esters is 2. The smallest absolute Gasteiger partial charge is 0.333 e. The largest absolute Gasteiger partial charge is 0.462 e. The van der Waals surface area contributed by atoms with Gasteiger partial charge in [-0.25, -0.2) is 4.79 Å². The molecule has 0 aromatic carbocycles. The molecule has 0 amide bonds. The van der Waals surface area contributed by atoms with Gasteiger partial charge in [-0.1, -0.05) is 13.5 Å². The molecule has 0 heterocycles. The van der Waals surface area contributed by atoms with Crippen LogP contribution in [0.3, 0.4) is 0 Å². The third-order valence-electron chi connectivity index (χ3n) is 4.40. The van der Waals surface area contributed by atoms with Crippen molar-refractivity contribution < 1.29 is 24.2 Å². The lowest BCUT2D eigenvalue weighted by atomic mass is 9.84. The number of hydrogen-bond acceptors (Lipinski definition) is 5. The highest BCUT2D eigenvalue weighted by Gasteiger charge is 2.37. The Balaban J connectivity index is 2.58. The highest BCUT2D eigenvalue weighted by Crippen LogP contribution is 2.30. The van der Waals surface area contributed by atoms with E-state index in [1.54, 1.807) is 6.92 Å². The fourth-order valence-electron chi connectivity index (χ4n) is 2.28. The van der Waals surface area contributed by atoms with Crippen LogP contribution in [0.5, 0.6) is 0 Å². The second-order valence-electron chi connectivity index (χ2n) is 6.74. The molecule has 0 aromatic rings. The summed E-state index contributed by atoms with van der Waals surface area (Å²) in [6.07, 6.45) is 1.56. The lowest BCUT2D eigenvalue weighted by molar-refractivity contribution is -0.173. The van der Waals surface area contributed by atoms with Gasteiger partial charge in [-0.05, 0) is 46.5 Å². The molecule has 0 radical (unpaired) electrons. The van der Waals surface area contributed by atoms with Crippen molar-refractivity contribution in [2.45, 2.75) is 65.6 Å². The normalized spacial score (nSPS) is 25.4. The highest BCUT2D eigenvalue weighted by molar-refractivity contribution is 5.86. The van der Waals surface area contributed by atoms with Crippen LogP contribution in [0.1, 0.15) is 53.4 Å². The average molecular weight is 312 g/mol. The van der Waals surface area contributed by atoms with Crippen LogP contribution in [0.25, 0.3) is 0 Å². The number of carbonyl (C=O) groups excluding carboxylic acids is 2. The van der Waals surface area contributed by atoms with Crippen molar-refractivity contribution in [2.75, 3.05) is 6.61 Å². The van der Waals surface area contributed by atoms with E-state index >= 15 is 0 Å². The van der Waals surface area contributed by atoms with Crippen molar-refractivity contribution in [1.82, 2.24) is 0 Å². The Labute approximate surface area is 132 Å². The van der Waals surface area contributed by atoms with E-state index in [0.29, 0.717) is 18.4 Å². The summed E-state index contributed by atoms with van der Waals surface area (Å²) in [5.74, 6) is -0.961. The summed E-state index contributed by atoms with van der Waals surface area (Å²) in [4.78, 5) is 23.6. The van der Waals surface area contributed by atoms with Gasteiger partial charge in [-0.2, -0.15) is 0 Å². The number of aliphatic hydroxyl groups is 1. The van der Waals surface area contributed by atoms with Crippen LogP contribution in [-0.2, 0) is 19.1 Å². The van der Waals surface area contributed by atoms with Crippen molar-refractivity contribution in [3.05, 3.63) is 12.2 Å². The zero-order chi connectivity index (χ0) is 16.9. The summed E-state index contributed by atoms with van der Waals surface area (Å²) in [7, 11) is 0. The Hall–Kier alpha value is -1.36. The van der Waals surface area contributed by atoms with Gasteiger partial charge in [0, 0.05) is 11.5 Å². The van der Waals surface area contributed by atoms with Gasteiger partial charge in [-0.3, -0.25) is 4.79 Å². The fraction of sp³-hybridized carbons (Fsp3) is 0.765. The minimum atomic E-state index is -0.803. The summed E-state index contributed by atoms with van der Waals surface area (Å²) >= 11 is 0. The lowest BCUT2D eigenvalue weighted by Gasteiger charge is -2.35. The van der Waals surface area contributed by atoms with Crippen LogP contribution in [0.2, 0.25) is 0 Å². The molecule has 5 nitrogen and oxygen atoms in total. The van der Waals surface area contributed by atoms with E-state index in [1.807, 2.05) is 20.8 Å². The number of hydrogen-bond donors (Lipinski definition) is 1. The van der Waals surface area contributed by atoms with Crippen LogP contribution in [0.4, 0.5) is 0 Å². The summed E-state index contributed by atoms with van der Waals surface area (Å²) in [5.41, 5.74) is -0.225. The monoisotopic (exact) mass is 312 g/mol. The van der Waals surface area contributed by atoms with E-state index in [9.17, 15) is 14.7 Å². The van der Waals surface area contributed by atoms with Crippen molar-refractivity contribution in [3.8, 4) is 0 Å². The number of carbonyl (C=O) groups is 2. The molecule has 0 aliphatic heterocycles. The molecule has 1 N–H and O–H groups in total. The minimum absolute atomic E-state index is 0.123. The number of ether oxygens (including phenoxy) is 2. The first-order valence-electron chi connectivity index (χ1n) is 7.90. The van der Waals surface area contributed by atoms with Gasteiger partial charge in [-0.15, -0.1) is 0 Å². The fourth-order valence-corrected chi connectivity index (χ4v) is 2.28. The topological polar surface area (TPSA) is 72.8 Å². The maximum atomic E-state index is 12.1. The molecule has 0 spiro atoms. The Bertz CT molecular complexity index is 427. The van der Waals surface area contributed by atoms with Gasteiger partial charge >= 0.3 is 11.9 Å². The molecule has 1 fully saturated rings. The second kappa shape index (κ2) is 7.77. The van der Waals surface area contributed by atoms with Crippen molar-refractivity contribution in [1.29, 1.82) is 0 Å². The van der Waals surface area contributed by atoms with E-state index in [0.717, 1.165) is 12.8 Å². The first-order valence-corrected chi connectivity index (χ1v) is 7.90. The van der Waals surface area contributed by atoms with E-state index < -0.39 is 23.6 Å². The van der Waals surface area contributed by atoms with Gasteiger partial charge < -0.3 is 14.6 Å². The molecule has 1 aliphatic rings. The van der Waals surface area contributed by atoms with Crippen molar-refractivity contribution in [2.24, 2.45) is 11.3 Å². The van der Waals surface area contributed by atoms with Gasteiger partial charge in [0.05, 0.1) is 18.1 Å². The highest BCUT2D eigenvalue weighted by atomic mass is 16.6. The molecule has 126 valence electrons. The third kappa shape index (κ3) is 4.83. The average Bonchev–Trinajstić information content (AvgIpc) is 2.47. The number of aliphatic hydroxyl groups excluding tert-OH is 1. The quantitative estimate of drug-likeness (QED) is 0.603. The molecule has 1 aliphatic carbocycles. The zero-order valence-corrected chi connectivity index (χ0v) is 14.1. The summed E-state index contributed by atoms with van der Waals surface area (Å²) in [5, 5.41) is 10.4. The summed E-state index contributed by atoms with van der Waals surface area (Å²) in [6.45, 7) is 10.8. The molecule has 1 saturated carbocycles. The van der Waals surface area contributed by atoms with Crippen LogP contribution in [0, 0.1) is 11.3 Å². The van der Waals surface area contributed by atoms with Gasteiger partial charge in [0.2, 0.25) is 0 Å². The van der Waals surface area contributed by atoms with Crippen LogP contribution < -0.4 is 0 Å². The lowest BCUT2D eigenvalue weighted by Crippen LogP contribution is -2.44. The standard InChI is InChI=1S/C17H28O5/c1-6-17(4,5)16(20)22-13-9-7-8-12(14(13)18)10-21-15(19)11(2)3/h12-14,18H,2,6-10H2,1,3-5H3. The minimum Gasteiger partial charge on any atom is -0.462 e. The van der Waals surface area contributed by atoms with Crippen LogP contribution >= 0.6 is 0 Å². The van der Waals surface area contributed by atoms with E-state index in [4.69, 9.17) is 9.47 Å². The van der Waals surface area contributed by atoms with Gasteiger partial charge in [0.15, 0.2) is 0 Å². The molecule has 0 saturated heterocycles. The molecule has 3 atom stereocenters. The summed E-state index contributed by atoms with van der Waals surface area (Å²) < 4.78 is 10.6. The molecule has 22 heavy (non-hydrogen) atoms. The Kier molecular flexibility index (Phi) is 6.60. The maximum Gasteiger partial charge on any atom is 0.333 e. The first-order chi connectivity index (χ1) is 10.2. The molecule has 0 bridgehead atoms. The second-order valence-corrected chi connectivity index (χ2v) is 6.74. The Morgan fingerprint density at radius 2 is 1.95 bits per heavy atom. The third-order valence-corrected chi connectivity index (χ3v) is 4.40. The van der Waals surface area contributed by atoms with E-state index in [-0.39, 0.29) is 18.5 Å². The van der Waals surface area contributed by atoms with Gasteiger partial charge in [0.25, 0.3) is 0 Å². The first kappa shape index (κ1) is 18.7. The van der Waals surface area contributed by atoms with Crippen molar-refractivity contribution >= 4 is 11.9 Å². The zero-order valence-electron chi connectivity index (χ0n) is 14.1. The Morgan fingerprint density at radius 3 is 2.50 bits per heavy atom. The Morgan fingerprint density at radius 1 is 1.32 bits per heavy atom.